The molecule has 0 fully saturated rings. The van der Waals surface area contributed by atoms with Crippen molar-refractivity contribution in [1.29, 1.82) is 0 Å². The van der Waals surface area contributed by atoms with Crippen LogP contribution in [0.3, 0.4) is 0 Å². The van der Waals surface area contributed by atoms with E-state index in [0.717, 1.165) is 23.3 Å². The largest absolute Gasteiger partial charge is 0.481 e. The first-order valence-corrected chi connectivity index (χ1v) is 7.93. The predicted molar refractivity (Wildman–Crippen MR) is 94.7 cm³/mol. The summed E-state index contributed by atoms with van der Waals surface area (Å²) in [5, 5.41) is 0. The first kappa shape index (κ1) is 16.0. The van der Waals surface area contributed by atoms with Gasteiger partial charge in [0, 0.05) is 30.1 Å². The minimum atomic E-state index is 0.607. The summed E-state index contributed by atoms with van der Waals surface area (Å²) < 4.78 is 10.9. The highest BCUT2D eigenvalue weighted by Gasteiger charge is 2.04. The van der Waals surface area contributed by atoms with E-state index in [-0.39, 0.29) is 0 Å². The Labute approximate surface area is 142 Å². The minimum Gasteiger partial charge on any atom is -0.481 e. The van der Waals surface area contributed by atoms with Crippen LogP contribution >= 0.6 is 0 Å². The van der Waals surface area contributed by atoms with Crippen LogP contribution in [0.15, 0.2) is 54.9 Å². The average Bonchev–Trinajstić information content (AvgIpc) is 2.63. The zero-order valence-electron chi connectivity index (χ0n) is 14.1. The first-order chi connectivity index (χ1) is 11.7. The molecule has 4 nitrogen and oxygen atoms in total. The van der Waals surface area contributed by atoms with Crippen LogP contribution in [0.2, 0.25) is 0 Å². The zero-order chi connectivity index (χ0) is 16.9. The SMILES string of the molecule is CCc1cnc(Oc2ccc(-c3ccc(OC)nc3)cc2)cc1C. The fourth-order valence-electron chi connectivity index (χ4n) is 2.49. The summed E-state index contributed by atoms with van der Waals surface area (Å²) in [6.45, 7) is 4.20. The molecule has 1 aromatic carbocycles. The van der Waals surface area contributed by atoms with Gasteiger partial charge in [-0.3, -0.25) is 0 Å². The van der Waals surface area contributed by atoms with Crippen molar-refractivity contribution in [3.05, 3.63) is 66.0 Å². The number of hydrogen-bond donors (Lipinski definition) is 0. The van der Waals surface area contributed by atoms with Crippen molar-refractivity contribution in [2.75, 3.05) is 7.11 Å². The lowest BCUT2D eigenvalue weighted by atomic mass is 10.1. The second-order valence-electron chi connectivity index (χ2n) is 5.52. The molecular weight excluding hydrogens is 300 g/mol. The monoisotopic (exact) mass is 320 g/mol. The van der Waals surface area contributed by atoms with Gasteiger partial charge >= 0.3 is 0 Å². The van der Waals surface area contributed by atoms with Crippen LogP contribution in [0.25, 0.3) is 11.1 Å². The molecule has 3 rings (SSSR count). The molecule has 4 heteroatoms. The number of aromatic nitrogens is 2. The van der Waals surface area contributed by atoms with Crippen molar-refractivity contribution in [2.24, 2.45) is 0 Å². The molecule has 0 bridgehead atoms. The molecule has 0 saturated carbocycles. The molecule has 0 amide bonds. The molecule has 0 radical (unpaired) electrons. The lowest BCUT2D eigenvalue weighted by molar-refractivity contribution is 0.398. The lowest BCUT2D eigenvalue weighted by Crippen LogP contribution is -1.93. The second kappa shape index (κ2) is 7.13. The van der Waals surface area contributed by atoms with Crippen LogP contribution in [0.4, 0.5) is 0 Å². The standard InChI is InChI=1S/C20H20N2O2/c1-4-15-12-22-20(11-14(15)2)24-18-8-5-16(6-9-18)17-7-10-19(23-3)21-13-17/h5-13H,4H2,1-3H3. The van der Waals surface area contributed by atoms with Gasteiger partial charge in [-0.15, -0.1) is 0 Å². The quantitative estimate of drug-likeness (QED) is 0.676. The smallest absolute Gasteiger partial charge is 0.219 e. The molecule has 2 aromatic heterocycles. The molecule has 0 atom stereocenters. The first-order valence-electron chi connectivity index (χ1n) is 7.93. The normalized spacial score (nSPS) is 10.5. The highest BCUT2D eigenvalue weighted by molar-refractivity contribution is 5.63. The highest BCUT2D eigenvalue weighted by atomic mass is 16.5. The van der Waals surface area contributed by atoms with Gasteiger partial charge in [-0.1, -0.05) is 19.1 Å². The van der Waals surface area contributed by atoms with Crippen molar-refractivity contribution < 1.29 is 9.47 Å². The maximum absolute atomic E-state index is 5.84. The minimum absolute atomic E-state index is 0.607. The van der Waals surface area contributed by atoms with Gasteiger partial charge in [-0.25, -0.2) is 9.97 Å². The summed E-state index contributed by atoms with van der Waals surface area (Å²) in [4.78, 5) is 8.59. The number of methoxy groups -OCH3 is 1. The van der Waals surface area contributed by atoms with E-state index in [4.69, 9.17) is 9.47 Å². The van der Waals surface area contributed by atoms with Crippen LogP contribution in [-0.4, -0.2) is 17.1 Å². The Bertz CT molecular complexity index is 812. The molecule has 0 unspecified atom stereocenters. The van der Waals surface area contributed by atoms with E-state index in [2.05, 4.69) is 23.8 Å². The Kier molecular flexibility index (Phi) is 4.75. The van der Waals surface area contributed by atoms with Crippen LogP contribution in [0, 0.1) is 6.92 Å². The van der Waals surface area contributed by atoms with Crippen LogP contribution in [-0.2, 0) is 6.42 Å². The van der Waals surface area contributed by atoms with E-state index in [0.29, 0.717) is 11.8 Å². The van der Waals surface area contributed by atoms with Gasteiger partial charge < -0.3 is 9.47 Å². The zero-order valence-corrected chi connectivity index (χ0v) is 14.1. The Morgan fingerprint density at radius 3 is 2.17 bits per heavy atom. The summed E-state index contributed by atoms with van der Waals surface area (Å²) in [5.41, 5.74) is 4.54. The maximum Gasteiger partial charge on any atom is 0.219 e. The number of ether oxygens (including phenoxy) is 2. The van der Waals surface area contributed by atoms with Gasteiger partial charge in [0.15, 0.2) is 0 Å². The fourth-order valence-corrected chi connectivity index (χ4v) is 2.49. The Morgan fingerprint density at radius 1 is 0.875 bits per heavy atom. The summed E-state index contributed by atoms with van der Waals surface area (Å²) in [7, 11) is 1.61. The van der Waals surface area contributed by atoms with E-state index in [1.54, 1.807) is 13.3 Å². The van der Waals surface area contributed by atoms with Crippen molar-refractivity contribution in [1.82, 2.24) is 9.97 Å². The predicted octanol–water partition coefficient (Wildman–Crippen LogP) is 4.82. The van der Waals surface area contributed by atoms with Gasteiger partial charge in [0.1, 0.15) is 5.75 Å². The van der Waals surface area contributed by atoms with Gasteiger partial charge in [-0.05, 0) is 48.2 Å². The molecule has 0 N–H and O–H groups in total. The van der Waals surface area contributed by atoms with E-state index in [1.807, 2.05) is 48.7 Å². The van der Waals surface area contributed by atoms with Gasteiger partial charge in [0.05, 0.1) is 7.11 Å². The molecule has 2 heterocycles. The third kappa shape index (κ3) is 3.54. The van der Waals surface area contributed by atoms with Crippen molar-refractivity contribution in [3.8, 4) is 28.6 Å². The molecule has 0 aliphatic heterocycles. The van der Waals surface area contributed by atoms with Crippen molar-refractivity contribution >= 4 is 0 Å². The Morgan fingerprint density at radius 2 is 1.58 bits per heavy atom. The molecular formula is C20H20N2O2. The van der Waals surface area contributed by atoms with Crippen molar-refractivity contribution in [3.63, 3.8) is 0 Å². The summed E-state index contributed by atoms with van der Waals surface area (Å²) >= 11 is 0. The maximum atomic E-state index is 5.84. The van der Waals surface area contributed by atoms with E-state index >= 15 is 0 Å². The van der Waals surface area contributed by atoms with E-state index < -0.39 is 0 Å². The number of benzene rings is 1. The average molecular weight is 320 g/mol. The summed E-state index contributed by atoms with van der Waals surface area (Å²) in [6, 6.07) is 13.7. The Balaban J connectivity index is 1.75. The van der Waals surface area contributed by atoms with Gasteiger partial charge in [-0.2, -0.15) is 0 Å². The molecule has 0 saturated heterocycles. The highest BCUT2D eigenvalue weighted by Crippen LogP contribution is 2.26. The number of hydrogen-bond acceptors (Lipinski definition) is 4. The summed E-state index contributed by atoms with van der Waals surface area (Å²) in [5.74, 6) is 1.98. The van der Waals surface area contributed by atoms with Crippen LogP contribution in [0.1, 0.15) is 18.1 Å². The van der Waals surface area contributed by atoms with E-state index in [9.17, 15) is 0 Å². The third-order valence-electron chi connectivity index (χ3n) is 3.93. The molecule has 0 spiro atoms. The molecule has 122 valence electrons. The second-order valence-corrected chi connectivity index (χ2v) is 5.52. The molecule has 3 aromatic rings. The van der Waals surface area contributed by atoms with Gasteiger partial charge in [0.2, 0.25) is 11.8 Å². The van der Waals surface area contributed by atoms with Crippen LogP contribution in [0.5, 0.6) is 17.5 Å². The number of rotatable bonds is 5. The Hall–Kier alpha value is -2.88. The molecule has 24 heavy (non-hydrogen) atoms. The number of aryl methyl sites for hydroxylation is 2. The lowest BCUT2D eigenvalue weighted by Gasteiger charge is -2.09. The van der Waals surface area contributed by atoms with E-state index in [1.165, 1.54) is 11.1 Å². The molecule has 0 aliphatic carbocycles. The van der Waals surface area contributed by atoms with Crippen molar-refractivity contribution in [2.45, 2.75) is 20.3 Å². The van der Waals surface area contributed by atoms with Crippen LogP contribution < -0.4 is 9.47 Å². The number of pyridine rings is 2. The fraction of sp³-hybridized carbons (Fsp3) is 0.200. The number of nitrogens with zero attached hydrogens (tertiary/aromatic N) is 2. The van der Waals surface area contributed by atoms with Gasteiger partial charge in [0.25, 0.3) is 0 Å². The summed E-state index contributed by atoms with van der Waals surface area (Å²) in [6.07, 6.45) is 4.65. The third-order valence-corrected chi connectivity index (χ3v) is 3.93. The molecule has 0 aliphatic rings. The topological polar surface area (TPSA) is 44.2 Å².